The molecule has 0 spiro atoms. The first-order valence-corrected chi connectivity index (χ1v) is 19.1. The molecule has 0 saturated carbocycles. The molecule has 13 nitrogen and oxygen atoms in total. The lowest BCUT2D eigenvalue weighted by Gasteiger charge is -2.22. The van der Waals surface area contributed by atoms with Gasteiger partial charge in [-0.25, -0.2) is 50.5 Å². The molecule has 19 heteroatoms. The zero-order valence-electron chi connectivity index (χ0n) is 18.3. The molecule has 196 valence electrons. The minimum absolute atomic E-state index is 0.493. The Balaban J connectivity index is 2.79. The van der Waals surface area contributed by atoms with Crippen molar-refractivity contribution in [3.8, 4) is 0 Å². The van der Waals surface area contributed by atoms with Crippen LogP contribution < -0.4 is 0 Å². The van der Waals surface area contributed by atoms with Crippen LogP contribution >= 0.6 is 0 Å². The van der Waals surface area contributed by atoms with Gasteiger partial charge in [-0.1, -0.05) is 0 Å². The number of nitrogens with zero attached hydrogens (tertiary/aromatic N) is 1. The van der Waals surface area contributed by atoms with E-state index in [9.17, 15) is 50.5 Å². The van der Waals surface area contributed by atoms with Crippen LogP contribution in [0.1, 0.15) is 0 Å². The molecule has 0 aromatic heterocycles. The van der Waals surface area contributed by atoms with Crippen LogP contribution in [0.4, 0.5) is 0 Å². The van der Waals surface area contributed by atoms with Crippen molar-refractivity contribution in [2.75, 3.05) is 25.0 Å². The summed E-state index contributed by atoms with van der Waals surface area (Å²) in [6.07, 6.45) is 2.62. The molecule has 0 saturated heterocycles. The summed E-state index contributed by atoms with van der Waals surface area (Å²) < 4.78 is 149. The number of sulfonamides is 2. The summed E-state index contributed by atoms with van der Waals surface area (Å²) in [5.74, 6) is 0. The van der Waals surface area contributed by atoms with E-state index in [1.54, 1.807) is 0 Å². The van der Waals surface area contributed by atoms with Gasteiger partial charge in [0.05, 0.1) is 29.4 Å². The zero-order chi connectivity index (χ0) is 27.4. The van der Waals surface area contributed by atoms with Crippen LogP contribution in [0.2, 0.25) is 0 Å². The Bertz CT molecular complexity index is 1630. The van der Waals surface area contributed by atoms with Crippen molar-refractivity contribution in [3.63, 3.8) is 0 Å². The van der Waals surface area contributed by atoms with Gasteiger partial charge in [-0.3, -0.25) is 0 Å². The average molecular weight is 609 g/mol. The Hall–Kier alpha value is -1.90. The molecular formula is C16H18NO12S6-. The Labute approximate surface area is 204 Å². The van der Waals surface area contributed by atoms with E-state index in [4.69, 9.17) is 0 Å². The largest absolute Gasteiger partial charge is 0.428 e. The predicted molar refractivity (Wildman–Crippen MR) is 123 cm³/mol. The smallest absolute Gasteiger partial charge is 0.175 e. The third-order valence-corrected chi connectivity index (χ3v) is 11.8. The Morgan fingerprint density at radius 3 is 0.714 bits per heavy atom. The molecular weight excluding hydrogens is 591 g/mol. The lowest BCUT2D eigenvalue weighted by molar-refractivity contribution is 0.595. The molecule has 2 aromatic rings. The fourth-order valence-corrected chi connectivity index (χ4v) is 8.46. The van der Waals surface area contributed by atoms with E-state index in [2.05, 4.69) is 4.13 Å². The highest BCUT2D eigenvalue weighted by Crippen LogP contribution is 2.31. The van der Waals surface area contributed by atoms with E-state index < -0.39 is 88.8 Å². The average Bonchev–Trinajstić information content (AvgIpc) is 2.63. The van der Waals surface area contributed by atoms with E-state index in [0.29, 0.717) is 61.4 Å². The van der Waals surface area contributed by atoms with Gasteiger partial charge in [-0.05, 0) is 36.4 Å². The highest BCUT2D eigenvalue weighted by atomic mass is 32.3. The van der Waals surface area contributed by atoms with Gasteiger partial charge in [0.15, 0.2) is 39.3 Å². The molecule has 0 aliphatic carbocycles. The van der Waals surface area contributed by atoms with Crippen molar-refractivity contribution in [2.24, 2.45) is 0 Å². The zero-order valence-corrected chi connectivity index (χ0v) is 23.2. The van der Waals surface area contributed by atoms with E-state index >= 15 is 0 Å². The van der Waals surface area contributed by atoms with Crippen molar-refractivity contribution < 1.29 is 50.5 Å². The third-order valence-electron chi connectivity index (χ3n) is 4.21. The molecule has 0 unspecified atom stereocenters. The van der Waals surface area contributed by atoms with Gasteiger partial charge in [-0.15, -0.1) is 0 Å². The molecule has 0 aliphatic rings. The second-order valence-corrected chi connectivity index (χ2v) is 18.9. The molecule has 0 bridgehead atoms. The van der Waals surface area contributed by atoms with Crippen LogP contribution in [-0.2, 0) is 59.4 Å². The maximum atomic E-state index is 12.8. The Morgan fingerprint density at radius 2 is 0.543 bits per heavy atom. The molecule has 0 N–H and O–H groups in total. The molecule has 35 heavy (non-hydrogen) atoms. The van der Waals surface area contributed by atoms with Crippen molar-refractivity contribution >= 4 is 59.4 Å². The standard InChI is InChI=1S/C16H18NO12S6/c1-30(18,19)11-5-12(31(2,20)21)8-15(7-11)34(26,27)17-35(28,29)16-9-13(32(3,22)23)6-14(10-16)33(4,24)25/h5-10H,1-4H3/q-1. The predicted octanol–water partition coefficient (Wildman–Crippen LogP) is -0.248. The summed E-state index contributed by atoms with van der Waals surface area (Å²) in [5, 5.41) is 0. The first-order chi connectivity index (χ1) is 15.3. The van der Waals surface area contributed by atoms with Gasteiger partial charge in [-0.2, -0.15) is 0 Å². The van der Waals surface area contributed by atoms with Crippen LogP contribution in [0.5, 0.6) is 0 Å². The van der Waals surface area contributed by atoms with Crippen LogP contribution in [0.25, 0.3) is 4.13 Å². The first kappa shape index (κ1) is 29.3. The van der Waals surface area contributed by atoms with Gasteiger partial charge < -0.3 is 4.13 Å². The van der Waals surface area contributed by atoms with E-state index in [1.165, 1.54) is 0 Å². The highest BCUT2D eigenvalue weighted by Gasteiger charge is 2.23. The van der Waals surface area contributed by atoms with Crippen molar-refractivity contribution in [1.29, 1.82) is 0 Å². The Kier molecular flexibility index (Phi) is 7.45. The third kappa shape index (κ3) is 7.08. The Morgan fingerprint density at radius 1 is 0.371 bits per heavy atom. The number of hydrogen-bond donors (Lipinski definition) is 0. The molecule has 0 fully saturated rings. The molecule has 2 aromatic carbocycles. The number of sulfone groups is 4. The second-order valence-electron chi connectivity index (χ2n) is 7.39. The topological polar surface area (TPSA) is 219 Å². The minimum atomic E-state index is -5.32. The molecule has 2 rings (SSSR count). The molecule has 0 atom stereocenters. The van der Waals surface area contributed by atoms with Crippen molar-refractivity contribution in [3.05, 3.63) is 40.5 Å². The highest BCUT2D eigenvalue weighted by molar-refractivity contribution is 8.12. The van der Waals surface area contributed by atoms with Gasteiger partial charge in [0.1, 0.15) is 20.0 Å². The van der Waals surface area contributed by atoms with Crippen LogP contribution in [0, 0.1) is 0 Å². The quantitative estimate of drug-likeness (QED) is 0.379. The lowest BCUT2D eigenvalue weighted by atomic mass is 10.4. The van der Waals surface area contributed by atoms with Crippen LogP contribution in [-0.4, -0.2) is 75.5 Å². The van der Waals surface area contributed by atoms with Crippen LogP contribution in [0.3, 0.4) is 0 Å². The summed E-state index contributed by atoms with van der Waals surface area (Å²) in [5.41, 5.74) is 0. The van der Waals surface area contributed by atoms with Gasteiger partial charge in [0, 0.05) is 25.0 Å². The summed E-state index contributed by atoms with van der Waals surface area (Å²) in [6, 6.07) is 3.32. The summed E-state index contributed by atoms with van der Waals surface area (Å²) in [4.78, 5) is -5.25. The molecule has 0 radical (unpaired) electrons. The SMILES string of the molecule is CS(=O)(=O)c1cc(S(C)(=O)=O)cc(S(=O)(=O)[N-]S(=O)(=O)c2cc(S(C)(=O)=O)cc(S(C)(=O)=O)c2)c1. The number of benzene rings is 2. The summed E-state index contributed by atoms with van der Waals surface area (Å²) in [6.45, 7) is 0. The molecule has 0 amide bonds. The summed E-state index contributed by atoms with van der Waals surface area (Å²) >= 11 is 0. The summed E-state index contributed by atoms with van der Waals surface area (Å²) in [7, 11) is -27.3. The van der Waals surface area contributed by atoms with Gasteiger partial charge in [0.2, 0.25) is 0 Å². The minimum Gasteiger partial charge on any atom is -0.428 e. The van der Waals surface area contributed by atoms with Gasteiger partial charge >= 0.3 is 0 Å². The monoisotopic (exact) mass is 608 g/mol. The fraction of sp³-hybridized carbons (Fsp3) is 0.250. The normalized spacial score (nSPS) is 14.1. The van der Waals surface area contributed by atoms with Crippen LogP contribution in [0.15, 0.2) is 65.8 Å². The van der Waals surface area contributed by atoms with E-state index in [-0.39, 0.29) is 0 Å². The lowest BCUT2D eigenvalue weighted by Crippen LogP contribution is -2.12. The second kappa shape index (κ2) is 8.89. The molecule has 0 aliphatic heterocycles. The van der Waals surface area contributed by atoms with Crippen molar-refractivity contribution in [1.82, 2.24) is 0 Å². The number of hydrogen-bond acceptors (Lipinski definition) is 12. The number of rotatable bonds is 8. The van der Waals surface area contributed by atoms with E-state index in [1.807, 2.05) is 0 Å². The van der Waals surface area contributed by atoms with E-state index in [0.717, 1.165) is 0 Å². The van der Waals surface area contributed by atoms with Crippen molar-refractivity contribution in [2.45, 2.75) is 29.4 Å². The first-order valence-electron chi connectivity index (χ1n) is 8.69. The molecule has 0 heterocycles. The maximum Gasteiger partial charge on any atom is 0.175 e. The fourth-order valence-electron chi connectivity index (χ4n) is 2.46. The maximum absolute atomic E-state index is 12.8. The van der Waals surface area contributed by atoms with Gasteiger partial charge in [0.25, 0.3) is 0 Å².